The van der Waals surface area contributed by atoms with Crippen LogP contribution in [-0.4, -0.2) is 24.9 Å². The number of esters is 1. The lowest BCUT2D eigenvalue weighted by atomic mass is 9.85. The van der Waals surface area contributed by atoms with E-state index in [2.05, 4.69) is 4.74 Å². The predicted octanol–water partition coefficient (Wildman–Crippen LogP) is 1.93. The summed E-state index contributed by atoms with van der Waals surface area (Å²) in [5, 5.41) is 0. The molecule has 0 aromatic heterocycles. The number of hydrogen-bond acceptors (Lipinski definition) is 4. The maximum atomic E-state index is 12.5. The summed E-state index contributed by atoms with van der Waals surface area (Å²) in [6.07, 6.45) is 5.09. The second-order valence-corrected chi connectivity index (χ2v) is 5.21. The first-order chi connectivity index (χ1) is 10.1. The van der Waals surface area contributed by atoms with Gasteiger partial charge in [-0.1, -0.05) is 18.2 Å². The lowest BCUT2D eigenvalue weighted by molar-refractivity contribution is -0.122. The van der Waals surface area contributed by atoms with Crippen LogP contribution in [-0.2, 0) is 14.3 Å². The third kappa shape index (κ3) is 2.14. The van der Waals surface area contributed by atoms with Crippen LogP contribution in [0.3, 0.4) is 0 Å². The van der Waals surface area contributed by atoms with Gasteiger partial charge in [0.05, 0.1) is 30.2 Å². The largest absolute Gasteiger partial charge is 0.465 e. The molecule has 5 nitrogen and oxygen atoms in total. The highest BCUT2D eigenvalue weighted by atomic mass is 16.5. The zero-order valence-electron chi connectivity index (χ0n) is 11.6. The van der Waals surface area contributed by atoms with Crippen molar-refractivity contribution < 1.29 is 19.1 Å². The van der Waals surface area contributed by atoms with Crippen molar-refractivity contribution in [3.63, 3.8) is 0 Å². The molecule has 2 aliphatic rings. The van der Waals surface area contributed by atoms with Gasteiger partial charge < -0.3 is 4.74 Å². The Morgan fingerprint density at radius 1 is 1.14 bits per heavy atom. The molecule has 2 atom stereocenters. The second-order valence-electron chi connectivity index (χ2n) is 5.21. The highest BCUT2D eigenvalue weighted by Gasteiger charge is 2.47. The monoisotopic (exact) mass is 285 g/mol. The van der Waals surface area contributed by atoms with E-state index in [-0.39, 0.29) is 23.7 Å². The Balaban J connectivity index is 1.96. The van der Waals surface area contributed by atoms with E-state index in [4.69, 9.17) is 0 Å². The summed E-state index contributed by atoms with van der Waals surface area (Å²) in [6.45, 7) is 0. The number of carbonyl (C=O) groups is 3. The van der Waals surface area contributed by atoms with Crippen LogP contribution in [0.1, 0.15) is 23.2 Å². The molecule has 0 N–H and O–H groups in total. The first kappa shape index (κ1) is 13.5. The molecule has 21 heavy (non-hydrogen) atoms. The van der Waals surface area contributed by atoms with Crippen molar-refractivity contribution in [2.45, 2.75) is 12.8 Å². The zero-order chi connectivity index (χ0) is 15.0. The molecule has 1 aliphatic heterocycles. The van der Waals surface area contributed by atoms with Crippen LogP contribution in [0.15, 0.2) is 36.4 Å². The molecule has 0 bridgehead atoms. The van der Waals surface area contributed by atoms with Gasteiger partial charge in [0.1, 0.15) is 0 Å². The molecular formula is C16H15NO4. The van der Waals surface area contributed by atoms with Crippen molar-refractivity contribution >= 4 is 23.5 Å². The fraction of sp³-hybridized carbons (Fsp3) is 0.312. The summed E-state index contributed by atoms with van der Waals surface area (Å²) in [4.78, 5) is 37.7. The SMILES string of the molecule is COC(=O)c1cccc(N2C(=O)[C@@H]3CC=CC[C@H]3C2=O)c1. The standard InChI is InChI=1S/C16H15NO4/c1-21-16(20)10-5-4-6-11(9-10)17-14(18)12-7-2-3-8-13(12)15(17)19/h2-6,9,12-13H,7-8H2,1H3/t12-,13-/m1/s1. The molecule has 1 heterocycles. The molecule has 0 radical (unpaired) electrons. The zero-order valence-corrected chi connectivity index (χ0v) is 11.6. The minimum absolute atomic E-state index is 0.184. The third-order valence-electron chi connectivity index (χ3n) is 4.03. The summed E-state index contributed by atoms with van der Waals surface area (Å²) < 4.78 is 4.66. The molecule has 1 aromatic carbocycles. The van der Waals surface area contributed by atoms with Gasteiger partial charge in [-0.05, 0) is 31.0 Å². The Kier molecular flexibility index (Phi) is 3.33. The fourth-order valence-electron chi connectivity index (χ4n) is 2.94. The van der Waals surface area contributed by atoms with E-state index in [1.165, 1.54) is 18.1 Å². The number of carbonyl (C=O) groups excluding carboxylic acids is 3. The van der Waals surface area contributed by atoms with Gasteiger partial charge in [-0.15, -0.1) is 0 Å². The molecule has 1 aromatic rings. The van der Waals surface area contributed by atoms with Crippen molar-refractivity contribution in [2.75, 3.05) is 12.0 Å². The van der Waals surface area contributed by atoms with Crippen molar-refractivity contribution in [3.05, 3.63) is 42.0 Å². The molecule has 2 amide bonds. The average Bonchev–Trinajstić information content (AvgIpc) is 2.78. The van der Waals surface area contributed by atoms with Crippen molar-refractivity contribution in [1.82, 2.24) is 0 Å². The molecule has 0 spiro atoms. The molecule has 1 aliphatic carbocycles. The first-order valence-corrected chi connectivity index (χ1v) is 6.84. The van der Waals surface area contributed by atoms with Gasteiger partial charge in [-0.3, -0.25) is 14.5 Å². The van der Waals surface area contributed by atoms with Gasteiger partial charge in [0.2, 0.25) is 11.8 Å². The van der Waals surface area contributed by atoms with E-state index in [1.807, 2.05) is 12.2 Å². The minimum atomic E-state index is -0.491. The fourth-order valence-corrected chi connectivity index (χ4v) is 2.94. The van der Waals surface area contributed by atoms with Gasteiger partial charge in [0.15, 0.2) is 0 Å². The second kappa shape index (κ2) is 5.16. The Labute approximate surface area is 122 Å². The van der Waals surface area contributed by atoms with E-state index in [1.54, 1.807) is 18.2 Å². The maximum Gasteiger partial charge on any atom is 0.337 e. The number of imide groups is 1. The quantitative estimate of drug-likeness (QED) is 0.473. The van der Waals surface area contributed by atoms with Gasteiger partial charge in [-0.25, -0.2) is 4.79 Å². The Bertz CT molecular complexity index is 623. The molecule has 5 heteroatoms. The lowest BCUT2D eigenvalue weighted by Crippen LogP contribution is -2.31. The van der Waals surface area contributed by atoms with Crippen LogP contribution in [0, 0.1) is 11.8 Å². The van der Waals surface area contributed by atoms with E-state index in [9.17, 15) is 14.4 Å². The highest BCUT2D eigenvalue weighted by molar-refractivity contribution is 6.22. The number of allylic oxidation sites excluding steroid dienone is 2. The number of rotatable bonds is 2. The maximum absolute atomic E-state index is 12.5. The predicted molar refractivity (Wildman–Crippen MR) is 75.6 cm³/mol. The van der Waals surface area contributed by atoms with Crippen molar-refractivity contribution in [1.29, 1.82) is 0 Å². The van der Waals surface area contributed by atoms with Gasteiger partial charge in [-0.2, -0.15) is 0 Å². The van der Waals surface area contributed by atoms with Gasteiger partial charge in [0.25, 0.3) is 0 Å². The normalized spacial score (nSPS) is 24.1. The van der Waals surface area contributed by atoms with Crippen LogP contribution in [0.2, 0.25) is 0 Å². The summed E-state index contributed by atoms with van der Waals surface area (Å²) in [5.74, 6) is -1.41. The smallest absolute Gasteiger partial charge is 0.337 e. The number of amides is 2. The van der Waals surface area contributed by atoms with Crippen LogP contribution in [0.5, 0.6) is 0 Å². The number of methoxy groups -OCH3 is 1. The summed E-state index contributed by atoms with van der Waals surface area (Å²) in [6, 6.07) is 6.41. The number of fused-ring (bicyclic) bond motifs is 1. The van der Waals surface area contributed by atoms with Crippen LogP contribution in [0.4, 0.5) is 5.69 Å². The average molecular weight is 285 g/mol. The summed E-state index contributed by atoms with van der Waals surface area (Å²) in [5.41, 5.74) is 0.755. The van der Waals surface area contributed by atoms with Crippen LogP contribution < -0.4 is 4.90 Å². The molecule has 0 unspecified atom stereocenters. The lowest BCUT2D eigenvalue weighted by Gasteiger charge is -2.15. The Hall–Kier alpha value is -2.43. The van der Waals surface area contributed by atoms with Crippen molar-refractivity contribution in [3.8, 4) is 0 Å². The number of anilines is 1. The third-order valence-corrected chi connectivity index (χ3v) is 4.03. The van der Waals surface area contributed by atoms with E-state index in [0.717, 1.165) is 0 Å². The molecule has 0 saturated carbocycles. The number of benzene rings is 1. The van der Waals surface area contributed by atoms with E-state index >= 15 is 0 Å². The molecule has 3 rings (SSSR count). The van der Waals surface area contributed by atoms with E-state index < -0.39 is 5.97 Å². The minimum Gasteiger partial charge on any atom is -0.465 e. The van der Waals surface area contributed by atoms with Crippen molar-refractivity contribution in [2.24, 2.45) is 11.8 Å². The number of ether oxygens (including phenoxy) is 1. The Morgan fingerprint density at radius 3 is 2.33 bits per heavy atom. The van der Waals surface area contributed by atoms with Crippen LogP contribution >= 0.6 is 0 Å². The molecular weight excluding hydrogens is 270 g/mol. The molecule has 1 saturated heterocycles. The topological polar surface area (TPSA) is 63.7 Å². The first-order valence-electron chi connectivity index (χ1n) is 6.84. The highest BCUT2D eigenvalue weighted by Crippen LogP contribution is 2.37. The van der Waals surface area contributed by atoms with E-state index in [0.29, 0.717) is 24.1 Å². The van der Waals surface area contributed by atoms with Crippen LogP contribution in [0.25, 0.3) is 0 Å². The summed E-state index contributed by atoms with van der Waals surface area (Å²) >= 11 is 0. The van der Waals surface area contributed by atoms with Gasteiger partial charge in [0, 0.05) is 0 Å². The summed E-state index contributed by atoms with van der Waals surface area (Å²) in [7, 11) is 1.29. The number of nitrogens with zero attached hydrogens (tertiary/aromatic N) is 1. The molecule has 108 valence electrons. The van der Waals surface area contributed by atoms with Gasteiger partial charge >= 0.3 is 5.97 Å². The number of hydrogen-bond donors (Lipinski definition) is 0. The Morgan fingerprint density at radius 2 is 1.76 bits per heavy atom. The molecule has 1 fully saturated rings.